The average Bonchev–Trinajstić information content (AvgIpc) is 2.63. The highest BCUT2D eigenvalue weighted by atomic mass is 16.3. The minimum atomic E-state index is 0.208. The number of hydrogen-bond acceptors (Lipinski definition) is 3. The monoisotopic (exact) mass is 217 g/mol. The standard InChI is InChI=1S/C13H15NO2/c1-9-5-6-11(13(16)7-9)14-8-10-3-2-4-12(10)15/h5-8,14,16H,2-4H2,1H3/b10-8-. The molecule has 0 unspecified atom stereocenters. The van der Waals surface area contributed by atoms with Gasteiger partial charge in [-0.3, -0.25) is 4.79 Å². The molecule has 1 aliphatic rings. The third kappa shape index (κ3) is 2.24. The highest BCUT2D eigenvalue weighted by molar-refractivity contribution is 5.97. The quantitative estimate of drug-likeness (QED) is 0.591. The summed E-state index contributed by atoms with van der Waals surface area (Å²) in [5.41, 5.74) is 2.46. The van der Waals surface area contributed by atoms with Crippen molar-refractivity contribution in [2.75, 3.05) is 5.32 Å². The van der Waals surface area contributed by atoms with Crippen LogP contribution in [0.5, 0.6) is 5.75 Å². The highest BCUT2D eigenvalue weighted by Crippen LogP contribution is 2.25. The van der Waals surface area contributed by atoms with Gasteiger partial charge >= 0.3 is 0 Å². The van der Waals surface area contributed by atoms with Gasteiger partial charge in [0, 0.05) is 18.2 Å². The molecule has 0 amide bonds. The Hall–Kier alpha value is -1.77. The predicted octanol–water partition coefficient (Wildman–Crippen LogP) is 2.75. The van der Waals surface area contributed by atoms with Gasteiger partial charge in [-0.25, -0.2) is 0 Å². The molecule has 2 N–H and O–H groups in total. The van der Waals surface area contributed by atoms with Crippen molar-refractivity contribution in [2.24, 2.45) is 0 Å². The number of anilines is 1. The summed E-state index contributed by atoms with van der Waals surface area (Å²) in [6.45, 7) is 1.92. The van der Waals surface area contributed by atoms with E-state index >= 15 is 0 Å². The van der Waals surface area contributed by atoms with Gasteiger partial charge in [0.05, 0.1) is 5.69 Å². The lowest BCUT2D eigenvalue weighted by atomic mass is 10.2. The van der Waals surface area contributed by atoms with Crippen LogP contribution in [0.2, 0.25) is 0 Å². The van der Waals surface area contributed by atoms with Crippen molar-refractivity contribution >= 4 is 11.5 Å². The van der Waals surface area contributed by atoms with E-state index < -0.39 is 0 Å². The minimum absolute atomic E-state index is 0.208. The summed E-state index contributed by atoms with van der Waals surface area (Å²) < 4.78 is 0. The fraction of sp³-hybridized carbons (Fsp3) is 0.308. The van der Waals surface area contributed by atoms with Crippen LogP contribution in [0.1, 0.15) is 24.8 Å². The summed E-state index contributed by atoms with van der Waals surface area (Å²) in [6.07, 6.45) is 4.12. The lowest BCUT2D eigenvalue weighted by Crippen LogP contribution is -1.96. The van der Waals surface area contributed by atoms with Gasteiger partial charge in [-0.2, -0.15) is 0 Å². The number of aromatic hydroxyl groups is 1. The van der Waals surface area contributed by atoms with Crippen LogP contribution in [0.25, 0.3) is 0 Å². The van der Waals surface area contributed by atoms with Gasteiger partial charge in [0.1, 0.15) is 5.75 Å². The van der Waals surface area contributed by atoms with Crippen LogP contribution in [0.15, 0.2) is 30.0 Å². The van der Waals surface area contributed by atoms with E-state index in [4.69, 9.17) is 0 Å². The number of carbonyl (C=O) groups is 1. The zero-order valence-corrected chi connectivity index (χ0v) is 9.29. The fourth-order valence-electron chi connectivity index (χ4n) is 1.82. The minimum Gasteiger partial charge on any atom is -0.506 e. The van der Waals surface area contributed by atoms with Crippen LogP contribution in [-0.4, -0.2) is 10.9 Å². The van der Waals surface area contributed by atoms with Crippen LogP contribution >= 0.6 is 0 Å². The molecule has 1 aliphatic carbocycles. The molecule has 0 aromatic heterocycles. The van der Waals surface area contributed by atoms with Gasteiger partial charge < -0.3 is 10.4 Å². The molecule has 1 saturated carbocycles. The van der Waals surface area contributed by atoms with Gasteiger partial charge in [-0.1, -0.05) is 6.07 Å². The second-order valence-electron chi connectivity index (χ2n) is 4.11. The molecular formula is C13H15NO2. The highest BCUT2D eigenvalue weighted by Gasteiger charge is 2.16. The van der Waals surface area contributed by atoms with Crippen molar-refractivity contribution in [1.82, 2.24) is 0 Å². The predicted molar refractivity (Wildman–Crippen MR) is 63.4 cm³/mol. The number of hydrogen-bond donors (Lipinski definition) is 2. The summed E-state index contributed by atoms with van der Waals surface area (Å²) in [5.74, 6) is 0.418. The summed E-state index contributed by atoms with van der Waals surface area (Å²) in [4.78, 5) is 11.4. The molecule has 3 nitrogen and oxygen atoms in total. The Labute approximate surface area is 94.8 Å². The lowest BCUT2D eigenvalue weighted by Gasteiger charge is -2.05. The molecule has 0 radical (unpaired) electrons. The van der Waals surface area contributed by atoms with Crippen molar-refractivity contribution in [3.63, 3.8) is 0 Å². The average molecular weight is 217 g/mol. The number of ketones is 1. The Morgan fingerprint density at radius 3 is 2.81 bits per heavy atom. The molecule has 0 aliphatic heterocycles. The number of nitrogens with one attached hydrogen (secondary N) is 1. The van der Waals surface area contributed by atoms with Crippen LogP contribution < -0.4 is 5.32 Å². The van der Waals surface area contributed by atoms with E-state index in [1.807, 2.05) is 13.0 Å². The molecule has 1 aromatic carbocycles. The van der Waals surface area contributed by atoms with Gasteiger partial charge in [0.2, 0.25) is 0 Å². The van der Waals surface area contributed by atoms with Crippen LogP contribution in [0.4, 0.5) is 5.69 Å². The zero-order chi connectivity index (χ0) is 11.5. The second kappa shape index (κ2) is 4.39. The maximum absolute atomic E-state index is 11.4. The van der Waals surface area contributed by atoms with Gasteiger partial charge in [0.25, 0.3) is 0 Å². The molecule has 1 aromatic rings. The molecule has 0 saturated heterocycles. The summed E-state index contributed by atoms with van der Waals surface area (Å²) >= 11 is 0. The first-order chi connectivity index (χ1) is 7.66. The summed E-state index contributed by atoms with van der Waals surface area (Å²) in [6, 6.07) is 5.41. The number of Topliss-reactive ketones (excluding diaryl/α,β-unsaturated/α-hetero) is 1. The third-order valence-corrected chi connectivity index (χ3v) is 2.76. The molecule has 84 valence electrons. The third-order valence-electron chi connectivity index (χ3n) is 2.76. The zero-order valence-electron chi connectivity index (χ0n) is 9.29. The first kappa shape index (κ1) is 10.7. The van der Waals surface area contributed by atoms with Gasteiger partial charge in [-0.15, -0.1) is 0 Å². The maximum Gasteiger partial charge on any atom is 0.160 e. The van der Waals surface area contributed by atoms with Crippen molar-refractivity contribution in [3.05, 3.63) is 35.5 Å². The summed E-state index contributed by atoms with van der Waals surface area (Å²) in [7, 11) is 0. The molecule has 3 heteroatoms. The Kier molecular flexibility index (Phi) is 2.95. The molecule has 2 rings (SSSR count). The molecule has 1 fully saturated rings. The number of phenols is 1. The summed E-state index contributed by atoms with van der Waals surface area (Å²) in [5, 5.41) is 12.6. The number of aryl methyl sites for hydroxylation is 1. The largest absolute Gasteiger partial charge is 0.506 e. The van der Waals surface area contributed by atoms with Crippen LogP contribution in [0, 0.1) is 6.92 Å². The van der Waals surface area contributed by atoms with E-state index in [0.29, 0.717) is 12.1 Å². The fourth-order valence-corrected chi connectivity index (χ4v) is 1.82. The van der Waals surface area contributed by atoms with Crippen LogP contribution in [-0.2, 0) is 4.79 Å². The Morgan fingerprint density at radius 2 is 2.19 bits per heavy atom. The molecular weight excluding hydrogens is 202 g/mol. The molecule has 0 spiro atoms. The number of rotatable bonds is 2. The SMILES string of the molecule is Cc1ccc(N/C=C2/CCCC2=O)c(O)c1. The molecule has 0 bridgehead atoms. The first-order valence-corrected chi connectivity index (χ1v) is 5.45. The van der Waals surface area contributed by atoms with E-state index in [9.17, 15) is 9.90 Å². The number of carbonyl (C=O) groups excluding carboxylic acids is 1. The van der Waals surface area contributed by atoms with Crippen molar-refractivity contribution in [3.8, 4) is 5.75 Å². The van der Waals surface area contributed by atoms with E-state index in [1.54, 1.807) is 18.3 Å². The second-order valence-corrected chi connectivity index (χ2v) is 4.11. The van der Waals surface area contributed by atoms with Crippen molar-refractivity contribution in [1.29, 1.82) is 0 Å². The smallest absolute Gasteiger partial charge is 0.160 e. The molecule has 0 atom stereocenters. The van der Waals surface area contributed by atoms with E-state index in [0.717, 1.165) is 24.0 Å². The molecule has 16 heavy (non-hydrogen) atoms. The Morgan fingerprint density at radius 1 is 1.38 bits per heavy atom. The first-order valence-electron chi connectivity index (χ1n) is 5.45. The van der Waals surface area contributed by atoms with E-state index in [2.05, 4.69) is 5.32 Å². The Bertz CT molecular complexity index is 449. The van der Waals surface area contributed by atoms with E-state index in [-0.39, 0.29) is 11.5 Å². The van der Waals surface area contributed by atoms with Crippen LogP contribution in [0.3, 0.4) is 0 Å². The lowest BCUT2D eigenvalue weighted by molar-refractivity contribution is -0.114. The molecule has 0 heterocycles. The van der Waals surface area contributed by atoms with E-state index in [1.165, 1.54) is 0 Å². The van der Waals surface area contributed by atoms with Gasteiger partial charge in [-0.05, 0) is 37.5 Å². The number of allylic oxidation sites excluding steroid dienone is 1. The van der Waals surface area contributed by atoms with Crippen molar-refractivity contribution < 1.29 is 9.90 Å². The Balaban J connectivity index is 2.12. The normalized spacial score (nSPS) is 18.1. The number of benzene rings is 1. The number of phenolic OH excluding ortho intramolecular Hbond substituents is 1. The topological polar surface area (TPSA) is 49.3 Å². The van der Waals surface area contributed by atoms with Crippen molar-refractivity contribution in [2.45, 2.75) is 26.2 Å². The van der Waals surface area contributed by atoms with Gasteiger partial charge in [0.15, 0.2) is 5.78 Å². The maximum atomic E-state index is 11.4.